The predicted molar refractivity (Wildman–Crippen MR) is 330 cm³/mol. The summed E-state index contributed by atoms with van der Waals surface area (Å²) in [5, 5.41) is 0. The molecule has 76 heavy (non-hydrogen) atoms. The molecule has 0 radical (unpaired) electrons. The Bertz CT molecular complexity index is 1450. The summed E-state index contributed by atoms with van der Waals surface area (Å²) in [4.78, 5) is 38.1. The van der Waals surface area contributed by atoms with Crippen LogP contribution < -0.4 is 0 Å². The van der Waals surface area contributed by atoms with Gasteiger partial charge in [0.1, 0.15) is 13.2 Å². The first-order valence-corrected chi connectivity index (χ1v) is 32.6. The molecule has 0 aliphatic carbocycles. The van der Waals surface area contributed by atoms with E-state index in [2.05, 4.69) is 106 Å². The molecule has 0 aromatic rings. The van der Waals surface area contributed by atoms with Crippen molar-refractivity contribution in [2.24, 2.45) is 0 Å². The van der Waals surface area contributed by atoms with Gasteiger partial charge in [-0.15, -0.1) is 0 Å². The van der Waals surface area contributed by atoms with Gasteiger partial charge in [0.2, 0.25) is 0 Å². The van der Waals surface area contributed by atoms with Crippen LogP contribution in [0.25, 0.3) is 0 Å². The minimum Gasteiger partial charge on any atom is -0.462 e. The number of esters is 3. The topological polar surface area (TPSA) is 78.9 Å². The summed E-state index contributed by atoms with van der Waals surface area (Å²) in [6.07, 6.45) is 84.7. The second-order valence-corrected chi connectivity index (χ2v) is 21.6. The van der Waals surface area contributed by atoms with Crippen LogP contribution in [0.1, 0.15) is 323 Å². The van der Waals surface area contributed by atoms with Crippen LogP contribution >= 0.6 is 0 Å². The Morgan fingerprint density at radius 2 is 0.513 bits per heavy atom. The van der Waals surface area contributed by atoms with Crippen LogP contribution in [0.5, 0.6) is 0 Å². The zero-order chi connectivity index (χ0) is 55.0. The number of allylic oxidation sites excluding steroid dienone is 14. The summed E-state index contributed by atoms with van der Waals surface area (Å²) in [5.41, 5.74) is 0. The average Bonchev–Trinajstić information content (AvgIpc) is 3.42. The summed E-state index contributed by atoms with van der Waals surface area (Å²) in [7, 11) is 0. The summed E-state index contributed by atoms with van der Waals surface area (Å²) in [5.74, 6) is -0.883. The van der Waals surface area contributed by atoms with Gasteiger partial charge in [0.05, 0.1) is 0 Å². The third-order valence-corrected chi connectivity index (χ3v) is 14.1. The maximum atomic E-state index is 12.9. The van der Waals surface area contributed by atoms with Crippen LogP contribution in [0.15, 0.2) is 85.1 Å². The number of carbonyl (C=O) groups is 3. The fraction of sp³-hybridized carbons (Fsp3) is 0.757. The Hall–Kier alpha value is -3.41. The van der Waals surface area contributed by atoms with Gasteiger partial charge in [0.25, 0.3) is 0 Å². The zero-order valence-electron chi connectivity index (χ0n) is 50.3. The molecule has 0 aliphatic rings. The normalized spacial score (nSPS) is 12.6. The number of hydrogen-bond donors (Lipinski definition) is 0. The highest BCUT2D eigenvalue weighted by Gasteiger charge is 2.19. The first-order chi connectivity index (χ1) is 37.5. The summed E-state index contributed by atoms with van der Waals surface area (Å²) in [6, 6.07) is 0. The van der Waals surface area contributed by atoms with E-state index in [0.717, 1.165) is 109 Å². The molecule has 0 saturated heterocycles. The van der Waals surface area contributed by atoms with E-state index in [1.165, 1.54) is 173 Å². The highest BCUT2D eigenvalue weighted by Crippen LogP contribution is 2.17. The van der Waals surface area contributed by atoms with E-state index >= 15 is 0 Å². The van der Waals surface area contributed by atoms with Gasteiger partial charge in [-0.1, -0.05) is 292 Å². The molecule has 0 N–H and O–H groups in total. The van der Waals surface area contributed by atoms with Crippen LogP contribution in [0.3, 0.4) is 0 Å². The van der Waals surface area contributed by atoms with Crippen molar-refractivity contribution >= 4 is 17.9 Å². The fourth-order valence-electron chi connectivity index (χ4n) is 9.27. The maximum Gasteiger partial charge on any atom is 0.306 e. The quantitative estimate of drug-likeness (QED) is 0.0261. The molecule has 1 atom stereocenters. The van der Waals surface area contributed by atoms with E-state index in [4.69, 9.17) is 14.2 Å². The van der Waals surface area contributed by atoms with Crippen molar-refractivity contribution in [2.75, 3.05) is 13.2 Å². The monoisotopic (exact) mass is 1060 g/mol. The van der Waals surface area contributed by atoms with Crippen LogP contribution in [0.4, 0.5) is 0 Å². The Morgan fingerprint density at radius 3 is 0.803 bits per heavy atom. The van der Waals surface area contributed by atoms with E-state index < -0.39 is 6.10 Å². The Morgan fingerprint density at radius 1 is 0.276 bits per heavy atom. The maximum absolute atomic E-state index is 12.9. The van der Waals surface area contributed by atoms with Crippen LogP contribution in [-0.2, 0) is 28.6 Å². The summed E-state index contributed by atoms with van der Waals surface area (Å²) in [6.45, 7) is 6.51. The average molecular weight is 1060 g/mol. The lowest BCUT2D eigenvalue weighted by molar-refractivity contribution is -0.167. The third kappa shape index (κ3) is 61.4. The lowest BCUT2D eigenvalue weighted by Gasteiger charge is -2.18. The van der Waals surface area contributed by atoms with Crippen molar-refractivity contribution in [1.82, 2.24) is 0 Å². The third-order valence-electron chi connectivity index (χ3n) is 14.1. The zero-order valence-corrected chi connectivity index (χ0v) is 50.3. The van der Waals surface area contributed by atoms with Gasteiger partial charge in [-0.05, 0) is 96.3 Å². The molecule has 0 aromatic heterocycles. The molecule has 0 heterocycles. The SMILES string of the molecule is CC/C=C\C/C=C\C/C=C\C/C=C\CCCCCCCCCCCCCCCCCCC(=O)OCC(COC(=O)CCCCCCCCCC)OC(=O)CCCCCCCC/C=C\C/C=C\C/C=C\CCCCCCC. The van der Waals surface area contributed by atoms with Gasteiger partial charge >= 0.3 is 17.9 Å². The molecule has 0 aliphatic heterocycles. The molecular formula is C70H122O6. The molecule has 0 aromatic carbocycles. The van der Waals surface area contributed by atoms with Gasteiger partial charge in [-0.25, -0.2) is 0 Å². The molecule has 0 rings (SSSR count). The van der Waals surface area contributed by atoms with E-state index in [-0.39, 0.29) is 31.1 Å². The predicted octanol–water partition coefficient (Wildman–Crippen LogP) is 22.3. The van der Waals surface area contributed by atoms with Crippen LogP contribution in [0, 0.1) is 0 Å². The molecule has 0 spiro atoms. The van der Waals surface area contributed by atoms with E-state index in [0.29, 0.717) is 19.3 Å². The second kappa shape index (κ2) is 64.1. The van der Waals surface area contributed by atoms with Crippen molar-refractivity contribution in [3.05, 3.63) is 85.1 Å². The van der Waals surface area contributed by atoms with E-state index in [1.54, 1.807) is 0 Å². The van der Waals surface area contributed by atoms with Gasteiger partial charge in [-0.2, -0.15) is 0 Å². The molecular weight excluding hydrogens is 937 g/mol. The molecule has 6 nitrogen and oxygen atoms in total. The minimum absolute atomic E-state index is 0.0785. The minimum atomic E-state index is -0.781. The van der Waals surface area contributed by atoms with Crippen molar-refractivity contribution in [2.45, 2.75) is 329 Å². The van der Waals surface area contributed by atoms with Gasteiger partial charge < -0.3 is 14.2 Å². The lowest BCUT2D eigenvalue weighted by Crippen LogP contribution is -2.30. The van der Waals surface area contributed by atoms with Crippen molar-refractivity contribution in [3.63, 3.8) is 0 Å². The summed E-state index contributed by atoms with van der Waals surface area (Å²) >= 11 is 0. The van der Waals surface area contributed by atoms with Crippen molar-refractivity contribution in [1.29, 1.82) is 0 Å². The molecule has 0 amide bonds. The molecule has 0 bridgehead atoms. The number of hydrogen-bond acceptors (Lipinski definition) is 6. The lowest BCUT2D eigenvalue weighted by atomic mass is 10.0. The highest BCUT2D eigenvalue weighted by atomic mass is 16.6. The molecule has 0 saturated carbocycles. The first kappa shape index (κ1) is 72.6. The van der Waals surface area contributed by atoms with Gasteiger partial charge in [0, 0.05) is 19.3 Å². The summed E-state index contributed by atoms with van der Waals surface area (Å²) < 4.78 is 16.9. The fourth-order valence-corrected chi connectivity index (χ4v) is 9.27. The standard InChI is InChI=1S/C70H122O6/c1-4-7-10-13-16-19-21-23-25-27-29-31-32-33-34-35-36-37-38-40-41-43-45-47-49-51-54-57-60-63-69(72)75-66-67(65-74-68(71)62-59-56-53-18-15-12-9-6-3)76-70(73)64-61-58-55-52-50-48-46-44-42-39-30-28-26-24-22-20-17-14-11-8-5-2/h7,10,16,19,22-25,28-31,42,44,67H,4-6,8-9,11-15,17-18,20-21,26-27,32-41,43,45-66H2,1-3H3/b10-7-,19-16-,24-22-,25-23-,30-28-,31-29-,44-42-. The molecule has 0 fully saturated rings. The van der Waals surface area contributed by atoms with Gasteiger partial charge in [-0.3, -0.25) is 14.4 Å². The van der Waals surface area contributed by atoms with Crippen LogP contribution in [0.2, 0.25) is 0 Å². The highest BCUT2D eigenvalue weighted by molar-refractivity contribution is 5.71. The second-order valence-electron chi connectivity index (χ2n) is 21.6. The Labute approximate surface area is 471 Å². The molecule has 1 unspecified atom stereocenters. The number of unbranched alkanes of at least 4 members (excludes halogenated alkanes) is 34. The van der Waals surface area contributed by atoms with Crippen molar-refractivity contribution < 1.29 is 28.6 Å². The number of ether oxygens (including phenoxy) is 3. The van der Waals surface area contributed by atoms with E-state index in [9.17, 15) is 14.4 Å². The molecule has 6 heteroatoms. The number of rotatable bonds is 59. The van der Waals surface area contributed by atoms with Gasteiger partial charge in [0.15, 0.2) is 6.10 Å². The Kier molecular flexibility index (Phi) is 61.2. The van der Waals surface area contributed by atoms with E-state index in [1.807, 2.05) is 0 Å². The number of carbonyl (C=O) groups excluding carboxylic acids is 3. The van der Waals surface area contributed by atoms with Crippen molar-refractivity contribution in [3.8, 4) is 0 Å². The van der Waals surface area contributed by atoms with Crippen LogP contribution in [-0.4, -0.2) is 37.2 Å². The first-order valence-electron chi connectivity index (χ1n) is 32.6. The largest absolute Gasteiger partial charge is 0.462 e. The smallest absolute Gasteiger partial charge is 0.306 e. The molecule has 438 valence electrons. The Balaban J connectivity index is 4.14.